The molecule has 29 heavy (non-hydrogen) atoms. The van der Waals surface area contributed by atoms with Gasteiger partial charge in [0.05, 0.1) is 11.7 Å². The smallest absolute Gasteiger partial charge is 0.255 e. The Bertz CT molecular complexity index is 909. The number of carbonyl (C=O) groups is 1. The third kappa shape index (κ3) is 5.43. The molecule has 0 bridgehead atoms. The number of thiophene rings is 1. The Balaban J connectivity index is 1.47. The van der Waals surface area contributed by atoms with E-state index in [2.05, 4.69) is 16.4 Å². The van der Waals surface area contributed by atoms with E-state index in [-0.39, 0.29) is 12.0 Å². The van der Waals surface area contributed by atoms with Crippen molar-refractivity contribution in [2.45, 2.75) is 32.1 Å². The molecule has 2 aromatic heterocycles. The summed E-state index contributed by atoms with van der Waals surface area (Å²) in [6, 6.07) is 13.6. The van der Waals surface area contributed by atoms with Gasteiger partial charge in [-0.15, -0.1) is 0 Å². The van der Waals surface area contributed by atoms with Crippen molar-refractivity contribution in [3.8, 4) is 5.75 Å². The van der Waals surface area contributed by atoms with Gasteiger partial charge in [0.15, 0.2) is 0 Å². The van der Waals surface area contributed by atoms with Crippen LogP contribution >= 0.6 is 11.3 Å². The lowest BCUT2D eigenvalue weighted by atomic mass is 10.1. The highest BCUT2D eigenvalue weighted by Crippen LogP contribution is 2.20. The Kier molecular flexibility index (Phi) is 6.54. The fraction of sp³-hybridized carbons (Fsp3) is 0.304. The first-order valence-corrected chi connectivity index (χ1v) is 10.8. The lowest BCUT2D eigenvalue weighted by Gasteiger charge is -2.26. The molecule has 0 saturated carbocycles. The van der Waals surface area contributed by atoms with Gasteiger partial charge in [-0.1, -0.05) is 12.1 Å². The van der Waals surface area contributed by atoms with Crippen LogP contribution in [0.1, 0.15) is 34.3 Å². The molecule has 1 amide bonds. The maximum absolute atomic E-state index is 13.1. The molecule has 4 rings (SSSR count). The molecule has 3 aromatic rings. The van der Waals surface area contributed by atoms with Gasteiger partial charge in [0.2, 0.25) is 0 Å². The lowest BCUT2D eigenvalue weighted by molar-refractivity contribution is 0.0506. The van der Waals surface area contributed by atoms with Gasteiger partial charge in [-0.3, -0.25) is 9.78 Å². The van der Waals surface area contributed by atoms with Crippen LogP contribution in [0.25, 0.3) is 0 Å². The summed E-state index contributed by atoms with van der Waals surface area (Å²) in [5.74, 6) is 0.776. The summed E-state index contributed by atoms with van der Waals surface area (Å²) in [6.45, 7) is 2.39. The summed E-state index contributed by atoms with van der Waals surface area (Å²) >= 11 is 1.66. The molecule has 5 nitrogen and oxygen atoms in total. The number of pyridine rings is 1. The fourth-order valence-electron chi connectivity index (χ4n) is 3.42. The van der Waals surface area contributed by atoms with Gasteiger partial charge in [-0.25, -0.2) is 0 Å². The van der Waals surface area contributed by atoms with E-state index in [0.717, 1.165) is 36.3 Å². The predicted molar refractivity (Wildman–Crippen MR) is 113 cm³/mol. The number of hydrogen-bond donors (Lipinski definition) is 0. The van der Waals surface area contributed by atoms with Gasteiger partial charge in [0, 0.05) is 32.1 Å². The minimum Gasteiger partial charge on any atom is -0.489 e. The molecule has 150 valence electrons. The summed E-state index contributed by atoms with van der Waals surface area (Å²) in [6.07, 6.45) is 5.42. The SMILES string of the molecule is O=C(c1cccnc1)N(Cc1cccc(OCc2ccsc2)c1)C[C@H]1CCCO1. The minimum absolute atomic E-state index is 0.0294. The van der Waals surface area contributed by atoms with E-state index in [1.807, 2.05) is 34.5 Å². The zero-order chi connectivity index (χ0) is 19.9. The monoisotopic (exact) mass is 408 g/mol. The number of amides is 1. The zero-order valence-electron chi connectivity index (χ0n) is 16.2. The normalized spacial score (nSPS) is 15.9. The Morgan fingerprint density at radius 2 is 2.21 bits per heavy atom. The van der Waals surface area contributed by atoms with Gasteiger partial charge in [-0.2, -0.15) is 11.3 Å². The van der Waals surface area contributed by atoms with Crippen LogP contribution in [0.3, 0.4) is 0 Å². The second-order valence-electron chi connectivity index (χ2n) is 7.13. The number of rotatable bonds is 8. The van der Waals surface area contributed by atoms with Crippen molar-refractivity contribution in [1.29, 1.82) is 0 Å². The van der Waals surface area contributed by atoms with Crippen molar-refractivity contribution in [3.05, 3.63) is 82.3 Å². The van der Waals surface area contributed by atoms with Crippen LogP contribution in [-0.2, 0) is 17.9 Å². The maximum atomic E-state index is 13.1. The molecular formula is C23H24N2O3S. The number of carbonyl (C=O) groups excluding carboxylic acids is 1. The maximum Gasteiger partial charge on any atom is 0.255 e. The summed E-state index contributed by atoms with van der Waals surface area (Å²) in [5.41, 5.74) is 2.78. The third-order valence-corrected chi connectivity index (χ3v) is 5.63. The Morgan fingerprint density at radius 3 is 2.97 bits per heavy atom. The molecule has 0 aliphatic carbocycles. The van der Waals surface area contributed by atoms with Crippen molar-refractivity contribution >= 4 is 17.2 Å². The van der Waals surface area contributed by atoms with Crippen LogP contribution in [0.2, 0.25) is 0 Å². The summed E-state index contributed by atoms with van der Waals surface area (Å²) < 4.78 is 11.7. The van der Waals surface area contributed by atoms with E-state index in [1.165, 1.54) is 0 Å². The van der Waals surface area contributed by atoms with Crippen LogP contribution in [0, 0.1) is 0 Å². The van der Waals surface area contributed by atoms with Crippen molar-refractivity contribution in [2.75, 3.05) is 13.2 Å². The average Bonchev–Trinajstić information content (AvgIpc) is 3.46. The number of nitrogens with zero attached hydrogens (tertiary/aromatic N) is 2. The van der Waals surface area contributed by atoms with E-state index >= 15 is 0 Å². The van der Waals surface area contributed by atoms with Crippen LogP contribution in [0.4, 0.5) is 0 Å². The number of benzene rings is 1. The molecule has 1 fully saturated rings. The molecule has 1 aliphatic rings. The number of ether oxygens (including phenoxy) is 2. The van der Waals surface area contributed by atoms with Crippen LogP contribution < -0.4 is 4.74 Å². The average molecular weight is 409 g/mol. The Morgan fingerprint density at radius 1 is 1.24 bits per heavy atom. The van der Waals surface area contributed by atoms with Crippen molar-refractivity contribution < 1.29 is 14.3 Å². The predicted octanol–water partition coefficient (Wildman–Crippen LogP) is 4.54. The molecule has 0 N–H and O–H groups in total. The molecular weight excluding hydrogens is 384 g/mol. The van der Waals surface area contributed by atoms with Crippen LogP contribution in [-0.4, -0.2) is 35.0 Å². The molecule has 0 spiro atoms. The lowest BCUT2D eigenvalue weighted by Crippen LogP contribution is -2.37. The van der Waals surface area contributed by atoms with E-state index < -0.39 is 0 Å². The third-order valence-electron chi connectivity index (χ3n) is 4.90. The van der Waals surface area contributed by atoms with Crippen LogP contribution in [0.15, 0.2) is 65.6 Å². The quantitative estimate of drug-likeness (QED) is 0.549. The highest BCUT2D eigenvalue weighted by atomic mass is 32.1. The first-order chi connectivity index (χ1) is 14.3. The van der Waals surface area contributed by atoms with E-state index in [1.54, 1.807) is 35.9 Å². The molecule has 0 unspecified atom stereocenters. The van der Waals surface area contributed by atoms with Gasteiger partial charge < -0.3 is 14.4 Å². The van der Waals surface area contributed by atoms with Crippen LogP contribution in [0.5, 0.6) is 5.75 Å². The standard InChI is InChI=1S/C23H24N2O3S/c26-23(20-5-2-9-24-13-20)25(15-22-7-3-10-27-22)14-18-4-1-6-21(12-18)28-16-19-8-11-29-17-19/h1-2,4-6,8-9,11-13,17,22H,3,7,10,14-16H2/t22-/m1/s1. The van der Waals surface area contributed by atoms with Crippen molar-refractivity contribution in [1.82, 2.24) is 9.88 Å². The highest BCUT2D eigenvalue weighted by molar-refractivity contribution is 7.07. The first-order valence-electron chi connectivity index (χ1n) is 9.81. The topological polar surface area (TPSA) is 51.7 Å². The van der Waals surface area contributed by atoms with Gasteiger partial charge in [0.1, 0.15) is 12.4 Å². The van der Waals surface area contributed by atoms with Gasteiger partial charge in [-0.05, 0) is 65.1 Å². The molecule has 1 aliphatic heterocycles. The van der Waals surface area contributed by atoms with E-state index in [0.29, 0.717) is 25.3 Å². The zero-order valence-corrected chi connectivity index (χ0v) is 17.0. The van der Waals surface area contributed by atoms with E-state index in [4.69, 9.17) is 9.47 Å². The largest absolute Gasteiger partial charge is 0.489 e. The second kappa shape index (κ2) is 9.67. The number of hydrogen-bond acceptors (Lipinski definition) is 5. The summed E-state index contributed by atoms with van der Waals surface area (Å²) in [7, 11) is 0. The molecule has 1 aromatic carbocycles. The van der Waals surface area contributed by atoms with Gasteiger partial charge in [0.25, 0.3) is 5.91 Å². The Labute approximate surface area is 174 Å². The molecule has 1 saturated heterocycles. The Hall–Kier alpha value is -2.70. The molecule has 6 heteroatoms. The van der Waals surface area contributed by atoms with E-state index in [9.17, 15) is 4.79 Å². The van der Waals surface area contributed by atoms with Crippen molar-refractivity contribution in [2.24, 2.45) is 0 Å². The minimum atomic E-state index is -0.0294. The molecule has 3 heterocycles. The summed E-state index contributed by atoms with van der Waals surface area (Å²) in [5, 5.41) is 4.13. The summed E-state index contributed by atoms with van der Waals surface area (Å²) in [4.78, 5) is 19.0. The first kappa shape index (κ1) is 19.6. The highest BCUT2D eigenvalue weighted by Gasteiger charge is 2.24. The number of aromatic nitrogens is 1. The van der Waals surface area contributed by atoms with Crippen molar-refractivity contribution in [3.63, 3.8) is 0 Å². The van der Waals surface area contributed by atoms with Gasteiger partial charge >= 0.3 is 0 Å². The molecule has 0 radical (unpaired) electrons. The fourth-order valence-corrected chi connectivity index (χ4v) is 4.07. The second-order valence-corrected chi connectivity index (χ2v) is 7.91. The molecule has 1 atom stereocenters.